The van der Waals surface area contributed by atoms with Gasteiger partial charge in [-0.05, 0) is 39.2 Å². The summed E-state index contributed by atoms with van der Waals surface area (Å²) in [5.74, 6) is 0.171. The predicted octanol–water partition coefficient (Wildman–Crippen LogP) is 1.01. The molecule has 6 heteroatoms. The molecule has 0 radical (unpaired) electrons. The fourth-order valence-electron chi connectivity index (χ4n) is 4.02. The number of amides is 1. The molecule has 1 spiro atoms. The molecule has 1 saturated carbocycles. The van der Waals surface area contributed by atoms with Crippen molar-refractivity contribution in [2.45, 2.75) is 64.7 Å². The van der Waals surface area contributed by atoms with Crippen LogP contribution in [0.4, 0.5) is 0 Å². The number of hydrogen-bond donors (Lipinski definition) is 2. The molecule has 1 aliphatic carbocycles. The Labute approximate surface area is 137 Å². The largest absolute Gasteiger partial charge is 0.392 e. The molecule has 23 heavy (non-hydrogen) atoms. The van der Waals surface area contributed by atoms with E-state index in [9.17, 15) is 15.0 Å². The minimum Gasteiger partial charge on any atom is -0.392 e. The second-order valence-electron chi connectivity index (χ2n) is 7.14. The van der Waals surface area contributed by atoms with Crippen LogP contribution < -0.4 is 0 Å². The first-order chi connectivity index (χ1) is 10.9. The standard InChI is InChI=1S/C17H27N3O3/c1-12-10-13(2)20(18-12)7-3-4-16(23)19-8-5-17(6-9-19)14(21)11-15(17)22/h10,14-15,21-22H,3-9,11H2,1-2H3/t14-,15+. The molecular formula is C17H27N3O3. The van der Waals surface area contributed by atoms with Gasteiger partial charge in [-0.15, -0.1) is 0 Å². The monoisotopic (exact) mass is 321 g/mol. The van der Waals surface area contributed by atoms with Gasteiger partial charge in [0, 0.05) is 43.6 Å². The molecule has 1 amide bonds. The smallest absolute Gasteiger partial charge is 0.222 e. The van der Waals surface area contributed by atoms with Gasteiger partial charge in [0.05, 0.1) is 17.9 Å². The zero-order valence-corrected chi connectivity index (χ0v) is 14.0. The highest BCUT2D eigenvalue weighted by Gasteiger charge is 2.55. The maximum Gasteiger partial charge on any atom is 0.222 e. The summed E-state index contributed by atoms with van der Waals surface area (Å²) in [7, 11) is 0. The maximum atomic E-state index is 12.3. The van der Waals surface area contributed by atoms with Crippen molar-refractivity contribution >= 4 is 5.91 Å². The predicted molar refractivity (Wildman–Crippen MR) is 85.8 cm³/mol. The Balaban J connectivity index is 1.44. The van der Waals surface area contributed by atoms with Crippen LogP contribution in [0.25, 0.3) is 0 Å². The summed E-state index contributed by atoms with van der Waals surface area (Å²) in [6, 6.07) is 2.04. The minimum atomic E-state index is -0.402. The molecule has 2 atom stereocenters. The average molecular weight is 321 g/mol. The van der Waals surface area contributed by atoms with Crippen LogP contribution in [0.2, 0.25) is 0 Å². The number of piperidine rings is 1. The van der Waals surface area contributed by atoms with Crippen molar-refractivity contribution in [2.75, 3.05) is 13.1 Å². The van der Waals surface area contributed by atoms with Gasteiger partial charge < -0.3 is 15.1 Å². The fourth-order valence-corrected chi connectivity index (χ4v) is 4.02. The SMILES string of the molecule is Cc1cc(C)n(CCCC(=O)N2CCC3(CC2)[C@H](O)C[C@@H]3O)n1. The van der Waals surface area contributed by atoms with Gasteiger partial charge in [-0.25, -0.2) is 0 Å². The van der Waals surface area contributed by atoms with Crippen LogP contribution in [0.3, 0.4) is 0 Å². The van der Waals surface area contributed by atoms with E-state index in [0.717, 1.165) is 24.4 Å². The van der Waals surface area contributed by atoms with Gasteiger partial charge in [0.2, 0.25) is 5.91 Å². The third-order valence-electron chi connectivity index (χ3n) is 5.68. The van der Waals surface area contributed by atoms with Gasteiger partial charge in [-0.1, -0.05) is 0 Å². The van der Waals surface area contributed by atoms with Crippen LogP contribution in [-0.2, 0) is 11.3 Å². The number of aromatic nitrogens is 2. The van der Waals surface area contributed by atoms with E-state index in [1.54, 1.807) is 0 Å². The molecule has 128 valence electrons. The summed E-state index contributed by atoms with van der Waals surface area (Å²) in [5, 5.41) is 24.3. The highest BCUT2D eigenvalue weighted by atomic mass is 16.3. The molecule has 0 unspecified atom stereocenters. The molecule has 2 fully saturated rings. The number of aliphatic hydroxyl groups excluding tert-OH is 2. The van der Waals surface area contributed by atoms with E-state index in [0.29, 0.717) is 38.8 Å². The summed E-state index contributed by atoms with van der Waals surface area (Å²) in [6.45, 7) is 6.06. The summed E-state index contributed by atoms with van der Waals surface area (Å²) < 4.78 is 1.95. The van der Waals surface area contributed by atoms with E-state index >= 15 is 0 Å². The molecule has 2 N–H and O–H groups in total. The van der Waals surface area contributed by atoms with Crippen LogP contribution in [0.15, 0.2) is 6.07 Å². The van der Waals surface area contributed by atoms with Gasteiger partial charge in [-0.2, -0.15) is 5.10 Å². The minimum absolute atomic E-state index is 0.171. The Kier molecular flexibility index (Phi) is 4.47. The highest BCUT2D eigenvalue weighted by molar-refractivity contribution is 5.76. The Morgan fingerprint density at radius 1 is 1.30 bits per heavy atom. The molecule has 1 aromatic heterocycles. The number of likely N-dealkylation sites (tertiary alicyclic amines) is 1. The zero-order chi connectivity index (χ0) is 16.6. The Hall–Kier alpha value is -1.40. The summed E-state index contributed by atoms with van der Waals surface area (Å²) in [6.07, 6.45) is 2.40. The lowest BCUT2D eigenvalue weighted by Crippen LogP contribution is -2.61. The molecule has 0 aromatic carbocycles. The second kappa shape index (κ2) is 6.24. The number of carbonyl (C=O) groups excluding carboxylic acids is 1. The van der Waals surface area contributed by atoms with Crippen LogP contribution in [0.1, 0.15) is 43.5 Å². The molecule has 1 saturated heterocycles. The topological polar surface area (TPSA) is 78.6 Å². The van der Waals surface area contributed by atoms with Crippen molar-refractivity contribution < 1.29 is 15.0 Å². The molecule has 6 nitrogen and oxygen atoms in total. The van der Waals surface area contributed by atoms with Crippen molar-refractivity contribution in [3.05, 3.63) is 17.5 Å². The molecule has 0 bridgehead atoms. The molecule has 1 aromatic rings. The summed E-state index contributed by atoms with van der Waals surface area (Å²) in [5.41, 5.74) is 1.79. The van der Waals surface area contributed by atoms with E-state index in [4.69, 9.17) is 0 Å². The third kappa shape index (κ3) is 3.02. The van der Waals surface area contributed by atoms with Gasteiger partial charge >= 0.3 is 0 Å². The number of nitrogens with zero attached hydrogens (tertiary/aromatic N) is 3. The van der Waals surface area contributed by atoms with Crippen LogP contribution in [-0.4, -0.2) is 56.1 Å². The Morgan fingerprint density at radius 3 is 2.48 bits per heavy atom. The normalized spacial score (nSPS) is 26.3. The number of rotatable bonds is 4. The van der Waals surface area contributed by atoms with Crippen LogP contribution in [0, 0.1) is 19.3 Å². The maximum absolute atomic E-state index is 12.3. The quantitative estimate of drug-likeness (QED) is 0.868. The molecule has 1 aliphatic heterocycles. The van der Waals surface area contributed by atoms with E-state index in [2.05, 4.69) is 5.10 Å². The van der Waals surface area contributed by atoms with E-state index in [1.165, 1.54) is 0 Å². The first kappa shape index (κ1) is 16.5. The van der Waals surface area contributed by atoms with Gasteiger partial charge in [0.15, 0.2) is 0 Å². The average Bonchev–Trinajstić information content (AvgIpc) is 2.85. The fraction of sp³-hybridized carbons (Fsp3) is 0.765. The highest BCUT2D eigenvalue weighted by Crippen LogP contribution is 2.49. The van der Waals surface area contributed by atoms with Crippen LogP contribution >= 0.6 is 0 Å². The first-order valence-corrected chi connectivity index (χ1v) is 8.57. The van der Waals surface area contributed by atoms with Crippen molar-refractivity contribution in [1.82, 2.24) is 14.7 Å². The van der Waals surface area contributed by atoms with E-state index in [-0.39, 0.29) is 11.3 Å². The molecule has 2 heterocycles. The van der Waals surface area contributed by atoms with Crippen molar-refractivity contribution in [3.63, 3.8) is 0 Å². The van der Waals surface area contributed by atoms with Crippen LogP contribution in [0.5, 0.6) is 0 Å². The van der Waals surface area contributed by atoms with Gasteiger partial charge in [0.1, 0.15) is 0 Å². The van der Waals surface area contributed by atoms with Crippen molar-refractivity contribution in [2.24, 2.45) is 5.41 Å². The number of hydrogen-bond acceptors (Lipinski definition) is 4. The summed E-state index contributed by atoms with van der Waals surface area (Å²) >= 11 is 0. The first-order valence-electron chi connectivity index (χ1n) is 8.57. The third-order valence-corrected chi connectivity index (χ3v) is 5.68. The molecular weight excluding hydrogens is 294 g/mol. The van der Waals surface area contributed by atoms with Gasteiger partial charge in [0.25, 0.3) is 0 Å². The zero-order valence-electron chi connectivity index (χ0n) is 14.0. The van der Waals surface area contributed by atoms with Crippen molar-refractivity contribution in [3.8, 4) is 0 Å². The number of aryl methyl sites for hydroxylation is 3. The lowest BCUT2D eigenvalue weighted by Gasteiger charge is -2.55. The number of aliphatic hydroxyl groups is 2. The lowest BCUT2D eigenvalue weighted by atomic mass is 9.58. The van der Waals surface area contributed by atoms with E-state index in [1.807, 2.05) is 29.5 Å². The van der Waals surface area contributed by atoms with Crippen molar-refractivity contribution in [1.29, 1.82) is 0 Å². The van der Waals surface area contributed by atoms with Gasteiger partial charge in [-0.3, -0.25) is 9.48 Å². The second-order valence-corrected chi connectivity index (χ2v) is 7.14. The Morgan fingerprint density at radius 2 is 1.96 bits per heavy atom. The Bertz CT molecular complexity index is 566. The summed E-state index contributed by atoms with van der Waals surface area (Å²) in [4.78, 5) is 14.2. The molecule has 3 rings (SSSR count). The van der Waals surface area contributed by atoms with E-state index < -0.39 is 12.2 Å². The number of carbonyl (C=O) groups is 1. The molecule has 2 aliphatic rings. The lowest BCUT2D eigenvalue weighted by molar-refractivity contribution is -0.191.